The van der Waals surface area contributed by atoms with Gasteiger partial charge in [0.05, 0.1) is 0 Å². The molecule has 1 amide bonds. The standard InChI is InChI=1S/C12H24N2O2/c1-11(2,3)16-10(15)14-7-6-9(13)12(4,5)8-14/h9H,6-8,13H2,1-5H3/t9-/m0/s1. The highest BCUT2D eigenvalue weighted by molar-refractivity contribution is 5.68. The Bertz CT molecular complexity index is 269. The second-order valence-corrected chi connectivity index (χ2v) is 6.29. The predicted octanol–water partition coefficient (Wildman–Crippen LogP) is 1.98. The molecule has 0 radical (unpaired) electrons. The molecular formula is C12H24N2O2. The molecule has 0 aliphatic carbocycles. The largest absolute Gasteiger partial charge is 0.444 e. The molecule has 16 heavy (non-hydrogen) atoms. The second kappa shape index (κ2) is 4.24. The number of hydrogen-bond acceptors (Lipinski definition) is 3. The van der Waals surface area contributed by atoms with E-state index in [0.717, 1.165) is 6.42 Å². The fourth-order valence-electron chi connectivity index (χ4n) is 1.86. The van der Waals surface area contributed by atoms with Gasteiger partial charge in [0.15, 0.2) is 0 Å². The number of amides is 1. The highest BCUT2D eigenvalue weighted by Crippen LogP contribution is 2.28. The van der Waals surface area contributed by atoms with Crippen LogP contribution >= 0.6 is 0 Å². The molecule has 4 heteroatoms. The average Bonchev–Trinajstić information content (AvgIpc) is 2.06. The zero-order valence-electron chi connectivity index (χ0n) is 11.0. The molecule has 1 rings (SSSR count). The van der Waals surface area contributed by atoms with E-state index in [2.05, 4.69) is 13.8 Å². The summed E-state index contributed by atoms with van der Waals surface area (Å²) in [5.74, 6) is 0. The number of rotatable bonds is 0. The Balaban J connectivity index is 2.60. The summed E-state index contributed by atoms with van der Waals surface area (Å²) in [4.78, 5) is 13.6. The second-order valence-electron chi connectivity index (χ2n) is 6.29. The van der Waals surface area contributed by atoms with Crippen LogP contribution in [-0.2, 0) is 4.74 Å². The molecule has 0 bridgehead atoms. The maximum atomic E-state index is 11.9. The fourth-order valence-corrected chi connectivity index (χ4v) is 1.86. The van der Waals surface area contributed by atoms with Crippen LogP contribution in [0.5, 0.6) is 0 Å². The van der Waals surface area contributed by atoms with Crippen molar-refractivity contribution in [2.45, 2.75) is 52.7 Å². The monoisotopic (exact) mass is 228 g/mol. The maximum Gasteiger partial charge on any atom is 0.410 e. The van der Waals surface area contributed by atoms with Gasteiger partial charge in [0.2, 0.25) is 0 Å². The van der Waals surface area contributed by atoms with Gasteiger partial charge in [0.25, 0.3) is 0 Å². The molecule has 1 saturated heterocycles. The average molecular weight is 228 g/mol. The molecule has 1 atom stereocenters. The van der Waals surface area contributed by atoms with Gasteiger partial charge in [0, 0.05) is 19.1 Å². The summed E-state index contributed by atoms with van der Waals surface area (Å²) < 4.78 is 5.35. The molecule has 0 aromatic carbocycles. The van der Waals surface area contributed by atoms with Crippen LogP contribution < -0.4 is 5.73 Å². The summed E-state index contributed by atoms with van der Waals surface area (Å²) in [6.45, 7) is 11.2. The lowest BCUT2D eigenvalue weighted by Crippen LogP contribution is -2.54. The van der Waals surface area contributed by atoms with Crippen LogP contribution in [0.2, 0.25) is 0 Å². The molecule has 0 saturated carbocycles. The van der Waals surface area contributed by atoms with E-state index in [-0.39, 0.29) is 17.6 Å². The molecule has 0 spiro atoms. The number of carbonyl (C=O) groups excluding carboxylic acids is 1. The molecule has 1 aliphatic rings. The number of carbonyl (C=O) groups is 1. The first-order valence-electron chi connectivity index (χ1n) is 5.85. The fraction of sp³-hybridized carbons (Fsp3) is 0.917. The molecule has 1 fully saturated rings. The number of hydrogen-bond donors (Lipinski definition) is 1. The minimum absolute atomic E-state index is 0.0326. The van der Waals surface area contributed by atoms with Crippen LogP contribution in [-0.4, -0.2) is 35.7 Å². The molecule has 4 nitrogen and oxygen atoms in total. The minimum Gasteiger partial charge on any atom is -0.444 e. The Labute approximate surface area is 98.1 Å². The zero-order chi connectivity index (χ0) is 12.6. The highest BCUT2D eigenvalue weighted by Gasteiger charge is 2.36. The van der Waals surface area contributed by atoms with Crippen LogP contribution in [0.1, 0.15) is 41.0 Å². The first-order valence-corrected chi connectivity index (χ1v) is 5.85. The summed E-state index contributed by atoms with van der Waals surface area (Å²) in [7, 11) is 0. The van der Waals surface area contributed by atoms with Crippen LogP contribution in [0, 0.1) is 5.41 Å². The van der Waals surface area contributed by atoms with Gasteiger partial charge in [-0.05, 0) is 32.6 Å². The smallest absolute Gasteiger partial charge is 0.410 e. The Morgan fingerprint density at radius 2 is 2.00 bits per heavy atom. The minimum atomic E-state index is -0.430. The van der Waals surface area contributed by atoms with Crippen molar-refractivity contribution < 1.29 is 9.53 Å². The third kappa shape index (κ3) is 3.37. The van der Waals surface area contributed by atoms with Gasteiger partial charge in [-0.15, -0.1) is 0 Å². The Hall–Kier alpha value is -0.770. The quantitative estimate of drug-likeness (QED) is 0.689. The van der Waals surface area contributed by atoms with Crippen LogP contribution in [0.3, 0.4) is 0 Å². The van der Waals surface area contributed by atoms with E-state index in [4.69, 9.17) is 10.5 Å². The van der Waals surface area contributed by atoms with Crippen molar-refractivity contribution in [2.75, 3.05) is 13.1 Å². The van der Waals surface area contributed by atoms with E-state index in [0.29, 0.717) is 13.1 Å². The van der Waals surface area contributed by atoms with E-state index < -0.39 is 5.60 Å². The number of likely N-dealkylation sites (tertiary alicyclic amines) is 1. The molecule has 0 aromatic heterocycles. The van der Waals surface area contributed by atoms with Crippen molar-refractivity contribution in [1.29, 1.82) is 0 Å². The van der Waals surface area contributed by atoms with Gasteiger partial charge in [-0.2, -0.15) is 0 Å². The lowest BCUT2D eigenvalue weighted by atomic mass is 9.80. The maximum absolute atomic E-state index is 11.9. The van der Waals surface area contributed by atoms with Gasteiger partial charge in [-0.3, -0.25) is 0 Å². The third-order valence-electron chi connectivity index (χ3n) is 2.96. The van der Waals surface area contributed by atoms with Crippen molar-refractivity contribution in [2.24, 2.45) is 11.1 Å². The molecule has 1 heterocycles. The predicted molar refractivity (Wildman–Crippen MR) is 64.2 cm³/mol. The topological polar surface area (TPSA) is 55.6 Å². The van der Waals surface area contributed by atoms with E-state index >= 15 is 0 Å². The van der Waals surface area contributed by atoms with Gasteiger partial charge in [-0.25, -0.2) is 4.79 Å². The number of ether oxygens (including phenoxy) is 1. The lowest BCUT2D eigenvalue weighted by molar-refractivity contribution is 0.00551. The van der Waals surface area contributed by atoms with Crippen LogP contribution in [0.25, 0.3) is 0 Å². The van der Waals surface area contributed by atoms with Crippen molar-refractivity contribution in [3.05, 3.63) is 0 Å². The van der Waals surface area contributed by atoms with Gasteiger partial charge < -0.3 is 15.4 Å². The Kier molecular flexibility index (Phi) is 3.53. The van der Waals surface area contributed by atoms with Crippen molar-refractivity contribution in [3.63, 3.8) is 0 Å². The molecule has 94 valence electrons. The number of nitrogens with two attached hydrogens (primary N) is 1. The van der Waals surface area contributed by atoms with E-state index in [1.165, 1.54) is 0 Å². The van der Waals surface area contributed by atoms with Gasteiger partial charge >= 0.3 is 6.09 Å². The highest BCUT2D eigenvalue weighted by atomic mass is 16.6. The van der Waals surface area contributed by atoms with Gasteiger partial charge in [-0.1, -0.05) is 13.8 Å². The Morgan fingerprint density at radius 1 is 1.44 bits per heavy atom. The summed E-state index contributed by atoms with van der Waals surface area (Å²) in [6, 6.07) is 0.159. The first-order chi connectivity index (χ1) is 7.12. The summed E-state index contributed by atoms with van der Waals surface area (Å²) in [5, 5.41) is 0. The molecule has 0 aromatic rings. The third-order valence-corrected chi connectivity index (χ3v) is 2.96. The lowest BCUT2D eigenvalue weighted by Gasteiger charge is -2.42. The summed E-state index contributed by atoms with van der Waals surface area (Å²) in [5.41, 5.74) is 5.56. The summed E-state index contributed by atoms with van der Waals surface area (Å²) in [6.07, 6.45) is 0.610. The SMILES string of the molecule is CC(C)(C)OC(=O)N1CC[C@H](N)C(C)(C)C1. The zero-order valence-corrected chi connectivity index (χ0v) is 11.0. The van der Waals surface area contributed by atoms with Crippen molar-refractivity contribution >= 4 is 6.09 Å². The van der Waals surface area contributed by atoms with E-state index in [1.54, 1.807) is 4.90 Å². The normalized spacial score (nSPS) is 25.4. The molecule has 2 N–H and O–H groups in total. The Morgan fingerprint density at radius 3 is 2.44 bits per heavy atom. The molecule has 1 aliphatic heterocycles. The van der Waals surface area contributed by atoms with E-state index in [9.17, 15) is 4.79 Å². The van der Waals surface area contributed by atoms with Crippen LogP contribution in [0.4, 0.5) is 4.79 Å². The first kappa shape index (κ1) is 13.3. The number of piperidine rings is 1. The number of nitrogens with zero attached hydrogens (tertiary/aromatic N) is 1. The van der Waals surface area contributed by atoms with E-state index in [1.807, 2.05) is 20.8 Å². The van der Waals surface area contributed by atoms with Gasteiger partial charge in [0.1, 0.15) is 5.60 Å². The molecular weight excluding hydrogens is 204 g/mol. The summed E-state index contributed by atoms with van der Waals surface area (Å²) >= 11 is 0. The van der Waals surface area contributed by atoms with Crippen LogP contribution in [0.15, 0.2) is 0 Å². The van der Waals surface area contributed by atoms with Crippen molar-refractivity contribution in [3.8, 4) is 0 Å². The van der Waals surface area contributed by atoms with Crippen molar-refractivity contribution in [1.82, 2.24) is 4.90 Å². The molecule has 0 unspecified atom stereocenters.